The summed E-state index contributed by atoms with van der Waals surface area (Å²) in [5, 5.41) is 0. The van der Waals surface area contributed by atoms with E-state index in [2.05, 4.69) is 0 Å². The fourth-order valence-electron chi connectivity index (χ4n) is 2.93. The molecule has 1 aliphatic rings. The highest BCUT2D eigenvalue weighted by Crippen LogP contribution is 2.23. The zero-order chi connectivity index (χ0) is 21.0. The average Bonchev–Trinajstić information content (AvgIpc) is 2.73. The van der Waals surface area contributed by atoms with E-state index in [-0.39, 0.29) is 18.3 Å². The van der Waals surface area contributed by atoms with Gasteiger partial charge in [0.05, 0.1) is 4.90 Å². The number of alkyl halides is 2. The summed E-state index contributed by atoms with van der Waals surface area (Å²) in [7, 11) is -4.62. The Morgan fingerprint density at radius 2 is 1.55 bits per heavy atom. The van der Waals surface area contributed by atoms with Crippen LogP contribution < -0.4 is 9.64 Å². The molecule has 0 N–H and O–H groups in total. The second-order valence-corrected chi connectivity index (χ2v) is 8.33. The van der Waals surface area contributed by atoms with Gasteiger partial charge >= 0.3 is 5.76 Å². The third-order valence-electron chi connectivity index (χ3n) is 4.57. The molecule has 1 amide bonds. The third-order valence-corrected chi connectivity index (χ3v) is 5.97. The summed E-state index contributed by atoms with van der Waals surface area (Å²) in [4.78, 5) is 15.4. The number of rotatable bonds is 6. The Morgan fingerprint density at radius 1 is 0.966 bits per heavy atom. The second-order valence-electron chi connectivity index (χ2n) is 6.41. The van der Waals surface area contributed by atoms with Gasteiger partial charge in [-0.3, -0.25) is 4.79 Å². The number of hydrogen-bond acceptors (Lipinski definition) is 5. The first-order chi connectivity index (χ1) is 13.8. The first-order valence-electron chi connectivity index (χ1n) is 8.80. The maximum atomic E-state index is 12.9. The van der Waals surface area contributed by atoms with Crippen LogP contribution in [0.25, 0.3) is 0 Å². The molecule has 156 valence electrons. The van der Waals surface area contributed by atoms with Crippen LogP contribution in [-0.4, -0.2) is 57.8 Å². The highest BCUT2D eigenvalue weighted by molar-refractivity contribution is 7.91. The minimum absolute atomic E-state index is 0.161. The van der Waals surface area contributed by atoms with Crippen molar-refractivity contribution < 1.29 is 31.1 Å². The number of amides is 1. The van der Waals surface area contributed by atoms with Gasteiger partial charge in [0, 0.05) is 31.9 Å². The van der Waals surface area contributed by atoms with Crippen molar-refractivity contribution in [3.8, 4) is 5.75 Å². The van der Waals surface area contributed by atoms with Crippen molar-refractivity contribution in [3.05, 3.63) is 54.3 Å². The summed E-state index contributed by atoms with van der Waals surface area (Å²) in [5.74, 6) is -3.65. The normalized spacial score (nSPS) is 14.9. The van der Waals surface area contributed by atoms with E-state index < -0.39 is 20.5 Å². The fourth-order valence-corrected chi connectivity index (χ4v) is 3.65. The number of benzene rings is 2. The highest BCUT2D eigenvalue weighted by Gasteiger charge is 2.27. The van der Waals surface area contributed by atoms with E-state index in [0.29, 0.717) is 37.6 Å². The molecule has 0 saturated carbocycles. The summed E-state index contributed by atoms with van der Waals surface area (Å²) in [6.45, 7) is 1.71. The molecule has 3 rings (SSSR count). The van der Waals surface area contributed by atoms with E-state index in [1.165, 1.54) is 36.4 Å². The Morgan fingerprint density at radius 3 is 2.10 bits per heavy atom. The standard InChI is InChI=1S/C19H19F3N2O4S/c20-14-1-5-16(6-2-14)28-13-18(25)24-11-9-23(10-12-24)15-3-7-17(8-4-15)29(26,27)19(21)22/h1-8,19H,9-13H2. The Kier molecular flexibility index (Phi) is 6.31. The van der Waals surface area contributed by atoms with Gasteiger partial charge in [-0.2, -0.15) is 8.78 Å². The number of piperazine rings is 1. The van der Waals surface area contributed by atoms with Crippen LogP contribution in [0.3, 0.4) is 0 Å². The van der Waals surface area contributed by atoms with E-state index in [4.69, 9.17) is 4.74 Å². The molecule has 10 heteroatoms. The Hall–Kier alpha value is -2.75. The van der Waals surface area contributed by atoms with Crippen LogP contribution in [0.1, 0.15) is 0 Å². The average molecular weight is 428 g/mol. The van der Waals surface area contributed by atoms with Crippen molar-refractivity contribution in [2.45, 2.75) is 10.7 Å². The van der Waals surface area contributed by atoms with Gasteiger partial charge in [-0.05, 0) is 48.5 Å². The summed E-state index contributed by atoms with van der Waals surface area (Å²) in [6.07, 6.45) is 0. The predicted molar refractivity (Wildman–Crippen MR) is 100 cm³/mol. The van der Waals surface area contributed by atoms with Gasteiger partial charge in [0.25, 0.3) is 5.91 Å². The zero-order valence-corrected chi connectivity index (χ0v) is 16.1. The number of nitrogens with zero attached hydrogens (tertiary/aromatic N) is 2. The van der Waals surface area contributed by atoms with Crippen molar-refractivity contribution in [1.29, 1.82) is 0 Å². The third kappa shape index (κ3) is 5.00. The maximum Gasteiger partial charge on any atom is 0.341 e. The van der Waals surface area contributed by atoms with Crippen molar-refractivity contribution in [2.24, 2.45) is 0 Å². The molecule has 0 radical (unpaired) electrons. The van der Waals surface area contributed by atoms with Gasteiger partial charge in [-0.1, -0.05) is 0 Å². The number of anilines is 1. The van der Waals surface area contributed by atoms with E-state index in [9.17, 15) is 26.4 Å². The number of ether oxygens (including phenoxy) is 1. The minimum Gasteiger partial charge on any atom is -0.484 e. The molecule has 0 aromatic heterocycles. The summed E-state index contributed by atoms with van der Waals surface area (Å²) in [6, 6.07) is 10.6. The SMILES string of the molecule is O=C(COc1ccc(F)cc1)N1CCN(c2ccc(S(=O)(=O)C(F)F)cc2)CC1. The molecule has 6 nitrogen and oxygen atoms in total. The first kappa shape index (κ1) is 21.0. The summed E-state index contributed by atoms with van der Waals surface area (Å²) < 4.78 is 66.4. The van der Waals surface area contributed by atoms with E-state index in [1.54, 1.807) is 4.90 Å². The molecule has 0 unspecified atom stereocenters. The Bertz CT molecular complexity index is 942. The quantitative estimate of drug-likeness (QED) is 0.708. The van der Waals surface area contributed by atoms with Gasteiger partial charge in [0.2, 0.25) is 9.84 Å². The van der Waals surface area contributed by atoms with Crippen molar-refractivity contribution in [3.63, 3.8) is 0 Å². The fraction of sp³-hybridized carbons (Fsp3) is 0.316. The summed E-state index contributed by atoms with van der Waals surface area (Å²) in [5.41, 5.74) is 0.688. The number of carbonyl (C=O) groups excluding carboxylic acids is 1. The van der Waals surface area contributed by atoms with E-state index >= 15 is 0 Å². The largest absolute Gasteiger partial charge is 0.484 e. The zero-order valence-electron chi connectivity index (χ0n) is 15.3. The lowest BCUT2D eigenvalue weighted by molar-refractivity contribution is -0.133. The molecule has 1 fully saturated rings. The molecule has 29 heavy (non-hydrogen) atoms. The van der Waals surface area contributed by atoms with Gasteiger partial charge in [0.1, 0.15) is 11.6 Å². The molecule has 2 aromatic rings. The van der Waals surface area contributed by atoms with Crippen LogP contribution in [0.4, 0.5) is 18.9 Å². The molecule has 1 heterocycles. The highest BCUT2D eigenvalue weighted by atomic mass is 32.2. The topological polar surface area (TPSA) is 66.9 Å². The van der Waals surface area contributed by atoms with E-state index in [1.807, 2.05) is 4.90 Å². The number of halogens is 3. The molecular weight excluding hydrogens is 409 g/mol. The van der Waals surface area contributed by atoms with Crippen LogP contribution in [0.15, 0.2) is 53.4 Å². The van der Waals surface area contributed by atoms with Crippen LogP contribution in [-0.2, 0) is 14.6 Å². The monoisotopic (exact) mass is 428 g/mol. The summed E-state index contributed by atoms with van der Waals surface area (Å²) >= 11 is 0. The molecule has 0 bridgehead atoms. The van der Waals surface area contributed by atoms with Gasteiger partial charge in [-0.15, -0.1) is 0 Å². The van der Waals surface area contributed by atoms with Crippen molar-refractivity contribution >= 4 is 21.4 Å². The second kappa shape index (κ2) is 8.73. The van der Waals surface area contributed by atoms with Crippen LogP contribution >= 0.6 is 0 Å². The van der Waals surface area contributed by atoms with Gasteiger partial charge in [0.15, 0.2) is 6.61 Å². The lowest BCUT2D eigenvalue weighted by Crippen LogP contribution is -2.50. The molecule has 0 aliphatic carbocycles. The van der Waals surface area contributed by atoms with Crippen molar-refractivity contribution in [1.82, 2.24) is 4.90 Å². The van der Waals surface area contributed by atoms with E-state index in [0.717, 1.165) is 12.1 Å². The molecule has 1 aliphatic heterocycles. The van der Waals surface area contributed by atoms with Crippen LogP contribution in [0.2, 0.25) is 0 Å². The van der Waals surface area contributed by atoms with Gasteiger partial charge < -0.3 is 14.5 Å². The molecule has 1 saturated heterocycles. The lowest BCUT2D eigenvalue weighted by atomic mass is 10.2. The van der Waals surface area contributed by atoms with Gasteiger partial charge in [-0.25, -0.2) is 12.8 Å². The minimum atomic E-state index is -4.62. The smallest absolute Gasteiger partial charge is 0.341 e. The Labute approximate surface area is 166 Å². The molecule has 0 atom stereocenters. The van der Waals surface area contributed by atoms with Crippen LogP contribution in [0, 0.1) is 5.82 Å². The number of carbonyl (C=O) groups is 1. The predicted octanol–water partition coefficient (Wildman–Crippen LogP) is 2.55. The molecular formula is C19H19F3N2O4S. The molecule has 2 aromatic carbocycles. The van der Waals surface area contributed by atoms with Crippen LogP contribution in [0.5, 0.6) is 5.75 Å². The Balaban J connectivity index is 1.52. The van der Waals surface area contributed by atoms with Crippen molar-refractivity contribution in [2.75, 3.05) is 37.7 Å². The molecule has 0 spiro atoms. The lowest BCUT2D eigenvalue weighted by Gasteiger charge is -2.36. The first-order valence-corrected chi connectivity index (χ1v) is 10.4. The number of sulfone groups is 1. The number of hydrogen-bond donors (Lipinski definition) is 0. The maximum absolute atomic E-state index is 12.9.